The summed E-state index contributed by atoms with van der Waals surface area (Å²) in [6, 6.07) is 0.823. The van der Waals surface area contributed by atoms with Crippen LogP contribution in [0, 0.1) is 5.92 Å². The van der Waals surface area contributed by atoms with Crippen molar-refractivity contribution < 1.29 is 4.79 Å². The number of amides is 1. The van der Waals surface area contributed by atoms with Crippen molar-refractivity contribution in [1.29, 1.82) is 0 Å². The molecule has 1 aliphatic carbocycles. The molecule has 0 aromatic rings. The lowest BCUT2D eigenvalue weighted by Crippen LogP contribution is -2.43. The second kappa shape index (κ2) is 6.36. The molecule has 0 unspecified atom stereocenters. The third-order valence-corrected chi connectivity index (χ3v) is 3.72. The molecule has 0 bridgehead atoms. The van der Waals surface area contributed by atoms with Gasteiger partial charge in [0, 0.05) is 12.6 Å². The minimum absolute atomic E-state index is 0.169. The molecule has 4 nitrogen and oxygen atoms in total. The fourth-order valence-electron chi connectivity index (χ4n) is 2.43. The molecule has 1 aliphatic heterocycles. The molecule has 2 rings (SSSR count). The van der Waals surface area contributed by atoms with Crippen LogP contribution in [-0.4, -0.2) is 49.6 Å². The van der Waals surface area contributed by atoms with E-state index in [1.165, 1.54) is 32.2 Å². The van der Waals surface area contributed by atoms with Crippen LogP contribution in [0.5, 0.6) is 0 Å². The van der Waals surface area contributed by atoms with E-state index in [4.69, 9.17) is 0 Å². The topological polar surface area (TPSA) is 44.4 Å². The Hall–Kier alpha value is -0.610. The van der Waals surface area contributed by atoms with E-state index < -0.39 is 0 Å². The second-order valence-corrected chi connectivity index (χ2v) is 5.36. The van der Waals surface area contributed by atoms with Gasteiger partial charge in [-0.3, -0.25) is 9.69 Å². The average Bonchev–Trinajstić information content (AvgIpc) is 3.12. The van der Waals surface area contributed by atoms with Gasteiger partial charge in [0.15, 0.2) is 0 Å². The molecule has 1 saturated carbocycles. The molecule has 0 aromatic carbocycles. The van der Waals surface area contributed by atoms with Gasteiger partial charge in [-0.1, -0.05) is 0 Å². The fraction of sp³-hybridized carbons (Fsp3) is 0.923. The van der Waals surface area contributed by atoms with Gasteiger partial charge in [-0.2, -0.15) is 0 Å². The molecule has 17 heavy (non-hydrogen) atoms. The Balaban J connectivity index is 1.58. The number of hydrogen-bond donors (Lipinski definition) is 2. The number of rotatable bonds is 6. The summed E-state index contributed by atoms with van der Waals surface area (Å²) in [5.74, 6) is 0.989. The number of nitrogens with one attached hydrogen (secondary N) is 2. The Bertz CT molecular complexity index is 245. The molecule has 2 N–H and O–H groups in total. The number of likely N-dealkylation sites (tertiary alicyclic amines) is 1. The quantitative estimate of drug-likeness (QED) is 0.713. The highest BCUT2D eigenvalue weighted by molar-refractivity contribution is 5.77. The summed E-state index contributed by atoms with van der Waals surface area (Å²) < 4.78 is 0. The van der Waals surface area contributed by atoms with Crippen molar-refractivity contribution in [2.45, 2.75) is 38.6 Å². The van der Waals surface area contributed by atoms with Crippen LogP contribution in [0.15, 0.2) is 0 Å². The number of piperidine rings is 1. The maximum absolute atomic E-state index is 11.5. The van der Waals surface area contributed by atoms with E-state index >= 15 is 0 Å². The van der Waals surface area contributed by atoms with E-state index in [1.807, 2.05) is 6.92 Å². The lowest BCUT2D eigenvalue weighted by Gasteiger charge is -2.31. The van der Waals surface area contributed by atoms with E-state index in [2.05, 4.69) is 15.5 Å². The second-order valence-electron chi connectivity index (χ2n) is 5.36. The van der Waals surface area contributed by atoms with E-state index in [-0.39, 0.29) is 5.91 Å². The summed E-state index contributed by atoms with van der Waals surface area (Å²) in [6.45, 7) is 6.62. The van der Waals surface area contributed by atoms with Gasteiger partial charge in [0.1, 0.15) is 0 Å². The van der Waals surface area contributed by atoms with Gasteiger partial charge < -0.3 is 10.6 Å². The largest absolute Gasteiger partial charge is 0.355 e. The minimum atomic E-state index is 0.169. The van der Waals surface area contributed by atoms with E-state index in [0.29, 0.717) is 6.54 Å². The summed E-state index contributed by atoms with van der Waals surface area (Å²) in [6.07, 6.45) is 5.21. The molecule has 4 heteroatoms. The van der Waals surface area contributed by atoms with Crippen LogP contribution in [0.1, 0.15) is 32.6 Å². The molecule has 1 saturated heterocycles. The van der Waals surface area contributed by atoms with E-state index in [1.54, 1.807) is 0 Å². The zero-order chi connectivity index (χ0) is 12.1. The van der Waals surface area contributed by atoms with Crippen molar-refractivity contribution in [2.75, 3.05) is 32.7 Å². The SMILES string of the molecule is CCNC(=O)CN1CCC(CNC2CC2)CC1. The van der Waals surface area contributed by atoms with Gasteiger partial charge in [-0.15, -0.1) is 0 Å². The van der Waals surface area contributed by atoms with E-state index in [9.17, 15) is 4.79 Å². The van der Waals surface area contributed by atoms with Crippen LogP contribution >= 0.6 is 0 Å². The Morgan fingerprint density at radius 1 is 1.24 bits per heavy atom. The standard InChI is InChI=1S/C13H25N3O/c1-2-14-13(17)10-16-7-5-11(6-8-16)9-15-12-3-4-12/h11-12,15H,2-10H2,1H3,(H,14,17). The van der Waals surface area contributed by atoms with Crippen molar-refractivity contribution in [2.24, 2.45) is 5.92 Å². The smallest absolute Gasteiger partial charge is 0.234 e. The monoisotopic (exact) mass is 239 g/mol. The predicted molar refractivity (Wildman–Crippen MR) is 68.9 cm³/mol. The average molecular weight is 239 g/mol. The lowest BCUT2D eigenvalue weighted by atomic mass is 9.97. The number of hydrogen-bond acceptors (Lipinski definition) is 3. The highest BCUT2D eigenvalue weighted by atomic mass is 16.2. The number of nitrogens with zero attached hydrogens (tertiary/aromatic N) is 1. The molecule has 1 amide bonds. The molecule has 2 aliphatic rings. The molecule has 98 valence electrons. The Morgan fingerprint density at radius 2 is 1.94 bits per heavy atom. The normalized spacial score (nSPS) is 22.6. The third kappa shape index (κ3) is 4.64. The van der Waals surface area contributed by atoms with Crippen LogP contribution < -0.4 is 10.6 Å². The maximum atomic E-state index is 11.5. The first-order valence-electron chi connectivity index (χ1n) is 7.00. The molecular formula is C13H25N3O. The summed E-state index contributed by atoms with van der Waals surface area (Å²) >= 11 is 0. The third-order valence-electron chi connectivity index (χ3n) is 3.72. The maximum Gasteiger partial charge on any atom is 0.234 e. The molecule has 0 radical (unpaired) electrons. The van der Waals surface area contributed by atoms with Crippen LogP contribution in [0.25, 0.3) is 0 Å². The molecule has 0 atom stereocenters. The Morgan fingerprint density at radius 3 is 2.53 bits per heavy atom. The van der Waals surface area contributed by atoms with Crippen molar-refractivity contribution in [3.63, 3.8) is 0 Å². The summed E-state index contributed by atoms with van der Waals surface area (Å²) in [5.41, 5.74) is 0. The first kappa shape index (κ1) is 12.8. The molecule has 0 spiro atoms. The summed E-state index contributed by atoms with van der Waals surface area (Å²) in [4.78, 5) is 13.7. The predicted octanol–water partition coefficient (Wildman–Crippen LogP) is 0.587. The summed E-state index contributed by atoms with van der Waals surface area (Å²) in [5, 5.41) is 6.46. The van der Waals surface area contributed by atoms with Gasteiger partial charge in [0.05, 0.1) is 6.54 Å². The number of likely N-dealkylation sites (N-methyl/N-ethyl adjacent to an activating group) is 1. The Labute approximate surface area is 104 Å². The van der Waals surface area contributed by atoms with Crippen LogP contribution in [0.4, 0.5) is 0 Å². The van der Waals surface area contributed by atoms with Gasteiger partial charge in [0.2, 0.25) is 5.91 Å². The summed E-state index contributed by atoms with van der Waals surface area (Å²) in [7, 11) is 0. The first-order valence-corrected chi connectivity index (χ1v) is 7.00. The Kier molecular flexibility index (Phi) is 4.80. The van der Waals surface area contributed by atoms with Gasteiger partial charge in [-0.25, -0.2) is 0 Å². The fourth-order valence-corrected chi connectivity index (χ4v) is 2.43. The lowest BCUT2D eigenvalue weighted by molar-refractivity contribution is -0.122. The van der Waals surface area contributed by atoms with Gasteiger partial charge >= 0.3 is 0 Å². The highest BCUT2D eigenvalue weighted by Gasteiger charge is 2.24. The van der Waals surface area contributed by atoms with Gasteiger partial charge in [0.25, 0.3) is 0 Å². The van der Waals surface area contributed by atoms with Crippen LogP contribution in [0.3, 0.4) is 0 Å². The zero-order valence-electron chi connectivity index (χ0n) is 10.9. The highest BCUT2D eigenvalue weighted by Crippen LogP contribution is 2.21. The zero-order valence-corrected chi connectivity index (χ0v) is 10.9. The van der Waals surface area contributed by atoms with E-state index in [0.717, 1.165) is 31.6 Å². The van der Waals surface area contributed by atoms with Crippen molar-refractivity contribution in [1.82, 2.24) is 15.5 Å². The number of carbonyl (C=O) groups excluding carboxylic acids is 1. The van der Waals surface area contributed by atoms with Crippen LogP contribution in [0.2, 0.25) is 0 Å². The van der Waals surface area contributed by atoms with Crippen molar-refractivity contribution >= 4 is 5.91 Å². The van der Waals surface area contributed by atoms with Gasteiger partial charge in [-0.05, 0) is 58.2 Å². The molecule has 1 heterocycles. The molecule has 2 fully saturated rings. The number of carbonyl (C=O) groups is 1. The first-order chi connectivity index (χ1) is 8.28. The minimum Gasteiger partial charge on any atom is -0.355 e. The van der Waals surface area contributed by atoms with Crippen molar-refractivity contribution in [3.05, 3.63) is 0 Å². The molecule has 0 aromatic heterocycles. The van der Waals surface area contributed by atoms with Crippen LogP contribution in [-0.2, 0) is 4.79 Å². The van der Waals surface area contributed by atoms with Crippen molar-refractivity contribution in [3.8, 4) is 0 Å². The molecular weight excluding hydrogens is 214 g/mol.